The van der Waals surface area contributed by atoms with Crippen LogP contribution in [0.4, 0.5) is 0 Å². The molecule has 7 nitrogen and oxygen atoms in total. The number of benzene rings is 1. The van der Waals surface area contributed by atoms with Crippen molar-refractivity contribution < 1.29 is 18.7 Å². The summed E-state index contributed by atoms with van der Waals surface area (Å²) >= 11 is 1.47. The van der Waals surface area contributed by atoms with Gasteiger partial charge in [0.1, 0.15) is 0 Å². The molecule has 0 saturated carbocycles. The third-order valence-corrected chi connectivity index (χ3v) is 5.71. The van der Waals surface area contributed by atoms with E-state index in [-0.39, 0.29) is 18.6 Å². The normalized spacial score (nSPS) is 18.7. The predicted octanol–water partition coefficient (Wildman–Crippen LogP) is 3.55. The number of amides is 1. The molecule has 0 aliphatic carbocycles. The molecule has 0 N–H and O–H groups in total. The van der Waals surface area contributed by atoms with Crippen LogP contribution in [-0.2, 0) is 0 Å². The third kappa shape index (κ3) is 3.06. The molecule has 27 heavy (non-hydrogen) atoms. The van der Waals surface area contributed by atoms with E-state index in [4.69, 9.17) is 13.9 Å². The molecular weight excluding hydrogens is 366 g/mol. The van der Waals surface area contributed by atoms with Crippen LogP contribution in [0, 0.1) is 0 Å². The highest BCUT2D eigenvalue weighted by molar-refractivity contribution is 7.12. The predicted molar refractivity (Wildman–Crippen MR) is 98.1 cm³/mol. The molecule has 1 aromatic carbocycles. The molecule has 1 saturated heterocycles. The number of aromatic nitrogens is 2. The number of carbonyl (C=O) groups excluding carboxylic acids is 1. The number of thiophene rings is 1. The molecule has 4 heterocycles. The fourth-order valence-corrected chi connectivity index (χ4v) is 4.16. The lowest BCUT2D eigenvalue weighted by Crippen LogP contribution is -2.38. The molecule has 5 rings (SSSR count). The lowest BCUT2D eigenvalue weighted by molar-refractivity contribution is 0.0703. The largest absolute Gasteiger partial charge is 0.454 e. The second kappa shape index (κ2) is 6.70. The molecule has 0 spiro atoms. The minimum absolute atomic E-state index is 0.0536. The van der Waals surface area contributed by atoms with Crippen molar-refractivity contribution in [2.45, 2.75) is 18.8 Å². The van der Waals surface area contributed by atoms with Gasteiger partial charge in [-0.05, 0) is 42.5 Å². The van der Waals surface area contributed by atoms with Crippen LogP contribution in [0.25, 0.3) is 11.5 Å². The van der Waals surface area contributed by atoms with Gasteiger partial charge in [-0.15, -0.1) is 21.5 Å². The van der Waals surface area contributed by atoms with Gasteiger partial charge in [0.2, 0.25) is 18.6 Å². The van der Waals surface area contributed by atoms with E-state index >= 15 is 0 Å². The van der Waals surface area contributed by atoms with Gasteiger partial charge in [0.05, 0.1) is 10.8 Å². The summed E-state index contributed by atoms with van der Waals surface area (Å²) in [5.41, 5.74) is 0.792. The lowest BCUT2D eigenvalue weighted by atomic mass is 9.98. The second-order valence-corrected chi connectivity index (χ2v) is 7.53. The highest BCUT2D eigenvalue weighted by Gasteiger charge is 2.29. The molecule has 138 valence electrons. The fraction of sp³-hybridized carbons (Fsp3) is 0.316. The zero-order valence-corrected chi connectivity index (χ0v) is 15.3. The van der Waals surface area contributed by atoms with E-state index in [0.717, 1.165) is 29.8 Å². The van der Waals surface area contributed by atoms with Gasteiger partial charge in [-0.25, -0.2) is 0 Å². The topological polar surface area (TPSA) is 77.7 Å². The molecule has 2 aromatic heterocycles. The van der Waals surface area contributed by atoms with Gasteiger partial charge in [0.25, 0.3) is 5.91 Å². The molecular formula is C19H17N3O4S. The molecule has 3 aromatic rings. The van der Waals surface area contributed by atoms with E-state index in [0.29, 0.717) is 29.8 Å². The Morgan fingerprint density at radius 2 is 2.11 bits per heavy atom. The molecule has 1 unspecified atom stereocenters. The standard InChI is InChI=1S/C19H17N3O4S/c23-19(16-4-2-8-27-16)22-7-1-3-13(10-22)18-21-20-17(26-18)12-5-6-14-15(9-12)25-11-24-14/h2,4-6,8-9,13H,1,3,7,10-11H2. The van der Waals surface area contributed by atoms with Crippen molar-refractivity contribution in [3.8, 4) is 23.0 Å². The lowest BCUT2D eigenvalue weighted by Gasteiger charge is -2.30. The van der Waals surface area contributed by atoms with Gasteiger partial charge >= 0.3 is 0 Å². The van der Waals surface area contributed by atoms with Crippen LogP contribution in [0.2, 0.25) is 0 Å². The van der Waals surface area contributed by atoms with Crippen LogP contribution >= 0.6 is 11.3 Å². The Morgan fingerprint density at radius 1 is 1.19 bits per heavy atom. The monoisotopic (exact) mass is 383 g/mol. The van der Waals surface area contributed by atoms with Crippen LogP contribution in [0.15, 0.2) is 40.1 Å². The molecule has 8 heteroatoms. The number of fused-ring (bicyclic) bond motifs is 1. The second-order valence-electron chi connectivity index (χ2n) is 6.58. The minimum atomic E-state index is 0.0536. The van der Waals surface area contributed by atoms with E-state index in [1.165, 1.54) is 11.3 Å². The molecule has 1 atom stereocenters. The van der Waals surface area contributed by atoms with Gasteiger partial charge in [0, 0.05) is 18.7 Å². The first kappa shape index (κ1) is 16.3. The zero-order valence-electron chi connectivity index (χ0n) is 14.5. The van der Waals surface area contributed by atoms with Gasteiger partial charge in [0.15, 0.2) is 11.5 Å². The summed E-state index contributed by atoms with van der Waals surface area (Å²) in [5.74, 6) is 2.55. The Hall–Kier alpha value is -2.87. The molecule has 2 aliphatic heterocycles. The van der Waals surface area contributed by atoms with Crippen LogP contribution in [0.3, 0.4) is 0 Å². The van der Waals surface area contributed by atoms with Gasteiger partial charge in [-0.2, -0.15) is 0 Å². The van der Waals surface area contributed by atoms with Crippen molar-refractivity contribution in [3.63, 3.8) is 0 Å². The highest BCUT2D eigenvalue weighted by Crippen LogP contribution is 2.36. The highest BCUT2D eigenvalue weighted by atomic mass is 32.1. The average molecular weight is 383 g/mol. The number of piperidine rings is 1. The van der Waals surface area contributed by atoms with Crippen LogP contribution < -0.4 is 9.47 Å². The van der Waals surface area contributed by atoms with Crippen LogP contribution in [0.5, 0.6) is 11.5 Å². The van der Waals surface area contributed by atoms with Crippen molar-refractivity contribution >= 4 is 17.2 Å². The summed E-state index contributed by atoms with van der Waals surface area (Å²) in [6.45, 7) is 1.58. The van der Waals surface area contributed by atoms with Gasteiger partial charge in [-0.3, -0.25) is 4.79 Å². The summed E-state index contributed by atoms with van der Waals surface area (Å²) in [6, 6.07) is 9.31. The van der Waals surface area contributed by atoms with E-state index in [2.05, 4.69) is 10.2 Å². The summed E-state index contributed by atoms with van der Waals surface area (Å²) in [5, 5.41) is 10.4. The number of likely N-dealkylation sites (tertiary alicyclic amines) is 1. The first-order valence-electron chi connectivity index (χ1n) is 8.84. The number of ether oxygens (including phenoxy) is 2. The van der Waals surface area contributed by atoms with Crippen LogP contribution in [0.1, 0.15) is 34.3 Å². The smallest absolute Gasteiger partial charge is 0.263 e. The van der Waals surface area contributed by atoms with Crippen molar-refractivity contribution in [1.29, 1.82) is 0 Å². The molecule has 0 bridgehead atoms. The minimum Gasteiger partial charge on any atom is -0.454 e. The van der Waals surface area contributed by atoms with Crippen molar-refractivity contribution in [3.05, 3.63) is 46.5 Å². The molecule has 1 fully saturated rings. The van der Waals surface area contributed by atoms with E-state index in [1.807, 2.05) is 40.6 Å². The Kier molecular flexibility index (Phi) is 4.05. The maximum absolute atomic E-state index is 12.6. The summed E-state index contributed by atoms with van der Waals surface area (Å²) in [6.07, 6.45) is 1.85. The van der Waals surface area contributed by atoms with Gasteiger partial charge < -0.3 is 18.8 Å². The summed E-state index contributed by atoms with van der Waals surface area (Å²) < 4.78 is 16.7. The van der Waals surface area contributed by atoms with Crippen molar-refractivity contribution in [1.82, 2.24) is 15.1 Å². The Morgan fingerprint density at radius 3 is 3.00 bits per heavy atom. The maximum Gasteiger partial charge on any atom is 0.263 e. The molecule has 1 amide bonds. The average Bonchev–Trinajstić information content (AvgIpc) is 3.48. The quantitative estimate of drug-likeness (QED) is 0.688. The number of rotatable bonds is 3. The maximum atomic E-state index is 12.6. The first-order valence-corrected chi connectivity index (χ1v) is 9.72. The molecule has 2 aliphatic rings. The van der Waals surface area contributed by atoms with E-state index in [1.54, 1.807) is 0 Å². The number of carbonyl (C=O) groups is 1. The van der Waals surface area contributed by atoms with E-state index in [9.17, 15) is 4.79 Å². The summed E-state index contributed by atoms with van der Waals surface area (Å²) in [4.78, 5) is 15.3. The number of hydrogen-bond donors (Lipinski definition) is 0. The van der Waals surface area contributed by atoms with Crippen molar-refractivity contribution in [2.75, 3.05) is 19.9 Å². The zero-order chi connectivity index (χ0) is 18.2. The molecule has 0 radical (unpaired) electrons. The SMILES string of the molecule is O=C(c1cccs1)N1CCCC(c2nnc(-c3ccc4c(c3)OCO4)o2)C1. The fourth-order valence-electron chi connectivity index (χ4n) is 3.47. The van der Waals surface area contributed by atoms with Crippen LogP contribution in [-0.4, -0.2) is 40.9 Å². The third-order valence-electron chi connectivity index (χ3n) is 4.85. The Bertz CT molecular complexity index is 969. The summed E-state index contributed by atoms with van der Waals surface area (Å²) in [7, 11) is 0. The number of hydrogen-bond acceptors (Lipinski definition) is 7. The first-order chi connectivity index (χ1) is 13.3. The Labute approximate surface area is 159 Å². The van der Waals surface area contributed by atoms with E-state index < -0.39 is 0 Å². The Balaban J connectivity index is 1.34. The van der Waals surface area contributed by atoms with Gasteiger partial charge in [-0.1, -0.05) is 6.07 Å². The van der Waals surface area contributed by atoms with Crippen molar-refractivity contribution in [2.24, 2.45) is 0 Å². The number of nitrogens with zero attached hydrogens (tertiary/aromatic N) is 3.